The van der Waals surface area contributed by atoms with E-state index in [1.54, 1.807) is 7.11 Å². The number of hydrogen-bond acceptors (Lipinski definition) is 3. The molecule has 0 bridgehead atoms. The summed E-state index contributed by atoms with van der Waals surface area (Å²) in [6, 6.07) is 0. The fraction of sp³-hybridized carbons (Fsp3) is 0.909. The lowest BCUT2D eigenvalue weighted by molar-refractivity contribution is -0.126. The molecule has 88 valence electrons. The van der Waals surface area contributed by atoms with Crippen LogP contribution in [0.25, 0.3) is 0 Å². The van der Waals surface area contributed by atoms with Gasteiger partial charge in [0.15, 0.2) is 0 Å². The van der Waals surface area contributed by atoms with Crippen molar-refractivity contribution in [1.82, 2.24) is 5.32 Å². The van der Waals surface area contributed by atoms with Crippen molar-refractivity contribution in [1.29, 1.82) is 0 Å². The van der Waals surface area contributed by atoms with Crippen LogP contribution in [0.5, 0.6) is 0 Å². The van der Waals surface area contributed by atoms with E-state index in [2.05, 4.69) is 5.32 Å². The molecule has 0 spiro atoms. The minimum Gasteiger partial charge on any atom is -0.396 e. The van der Waals surface area contributed by atoms with Crippen LogP contribution in [-0.4, -0.2) is 36.9 Å². The van der Waals surface area contributed by atoms with Crippen molar-refractivity contribution < 1.29 is 14.6 Å². The van der Waals surface area contributed by atoms with E-state index in [-0.39, 0.29) is 17.9 Å². The molecule has 1 fully saturated rings. The maximum absolute atomic E-state index is 11.5. The maximum atomic E-state index is 11.5. The molecule has 0 unspecified atom stereocenters. The normalized spacial score (nSPS) is 18.7. The van der Waals surface area contributed by atoms with Gasteiger partial charge in [0.05, 0.1) is 18.6 Å². The molecule has 0 aromatic carbocycles. The van der Waals surface area contributed by atoms with E-state index < -0.39 is 5.60 Å². The van der Waals surface area contributed by atoms with Crippen molar-refractivity contribution in [3.63, 3.8) is 0 Å². The van der Waals surface area contributed by atoms with Gasteiger partial charge in [-0.2, -0.15) is 0 Å². The summed E-state index contributed by atoms with van der Waals surface area (Å²) in [5.74, 6) is -0.0124. The zero-order chi connectivity index (χ0) is 11.5. The van der Waals surface area contributed by atoms with Gasteiger partial charge in [-0.3, -0.25) is 4.79 Å². The second-order valence-corrected chi connectivity index (χ2v) is 5.08. The molecule has 1 saturated carbocycles. The van der Waals surface area contributed by atoms with Crippen molar-refractivity contribution >= 4 is 5.91 Å². The van der Waals surface area contributed by atoms with Crippen LogP contribution < -0.4 is 5.32 Å². The minimum absolute atomic E-state index is 0.0124. The predicted octanol–water partition coefficient (Wildman–Crippen LogP) is 0.690. The van der Waals surface area contributed by atoms with Crippen molar-refractivity contribution in [2.24, 2.45) is 5.41 Å². The second kappa shape index (κ2) is 4.49. The zero-order valence-electron chi connectivity index (χ0n) is 9.80. The first-order valence-corrected chi connectivity index (χ1v) is 5.36. The minimum atomic E-state index is -0.417. The number of rotatable bonds is 6. The molecule has 1 amide bonds. The third-order valence-electron chi connectivity index (χ3n) is 3.09. The number of nitrogens with one attached hydrogen (secondary N) is 1. The van der Waals surface area contributed by atoms with Crippen LogP contribution in [0, 0.1) is 5.41 Å². The van der Waals surface area contributed by atoms with E-state index in [1.807, 2.05) is 13.8 Å². The summed E-state index contributed by atoms with van der Waals surface area (Å²) >= 11 is 0. The first-order valence-electron chi connectivity index (χ1n) is 5.36. The zero-order valence-corrected chi connectivity index (χ0v) is 9.80. The molecule has 0 aromatic heterocycles. The average Bonchev–Trinajstić information content (AvgIpc) is 2.95. The van der Waals surface area contributed by atoms with Gasteiger partial charge in [-0.25, -0.2) is 0 Å². The van der Waals surface area contributed by atoms with Crippen LogP contribution in [0.4, 0.5) is 0 Å². The van der Waals surface area contributed by atoms with Crippen molar-refractivity contribution in [2.45, 2.75) is 38.7 Å². The van der Waals surface area contributed by atoms with E-state index in [4.69, 9.17) is 9.84 Å². The molecule has 0 radical (unpaired) electrons. The average molecular weight is 215 g/mol. The van der Waals surface area contributed by atoms with Crippen molar-refractivity contribution in [3.05, 3.63) is 0 Å². The third-order valence-corrected chi connectivity index (χ3v) is 3.09. The van der Waals surface area contributed by atoms with Gasteiger partial charge in [0.1, 0.15) is 0 Å². The summed E-state index contributed by atoms with van der Waals surface area (Å²) in [4.78, 5) is 11.5. The van der Waals surface area contributed by atoms with Gasteiger partial charge in [0.25, 0.3) is 0 Å². The SMILES string of the molecule is COC(C)(C)CC(=O)NCC1(CO)CC1. The molecule has 1 aliphatic carbocycles. The molecular formula is C11H21NO3. The Labute approximate surface area is 91.0 Å². The second-order valence-electron chi connectivity index (χ2n) is 5.08. The van der Waals surface area contributed by atoms with Crippen LogP contribution in [0.3, 0.4) is 0 Å². The number of hydrogen-bond donors (Lipinski definition) is 2. The number of aliphatic hydroxyl groups excluding tert-OH is 1. The van der Waals surface area contributed by atoms with Gasteiger partial charge in [-0.15, -0.1) is 0 Å². The number of carbonyl (C=O) groups is 1. The summed E-state index contributed by atoms with van der Waals surface area (Å²) in [7, 11) is 1.60. The maximum Gasteiger partial charge on any atom is 0.222 e. The molecule has 0 aliphatic heterocycles. The Hall–Kier alpha value is -0.610. The first-order chi connectivity index (χ1) is 6.93. The van der Waals surface area contributed by atoms with Crippen LogP contribution in [0.2, 0.25) is 0 Å². The molecule has 15 heavy (non-hydrogen) atoms. The molecule has 0 heterocycles. The number of carbonyl (C=O) groups excluding carboxylic acids is 1. The summed E-state index contributed by atoms with van der Waals surface area (Å²) in [6.07, 6.45) is 2.37. The van der Waals surface area contributed by atoms with Gasteiger partial charge in [-0.1, -0.05) is 0 Å². The highest BCUT2D eigenvalue weighted by atomic mass is 16.5. The van der Waals surface area contributed by atoms with Crippen LogP contribution in [0.15, 0.2) is 0 Å². The summed E-state index contributed by atoms with van der Waals surface area (Å²) in [5.41, 5.74) is -0.438. The molecule has 1 rings (SSSR count). The van der Waals surface area contributed by atoms with Gasteiger partial charge in [-0.05, 0) is 26.7 Å². The number of ether oxygens (including phenoxy) is 1. The summed E-state index contributed by atoms with van der Waals surface area (Å²) in [5, 5.41) is 11.9. The van der Waals surface area contributed by atoms with E-state index in [0.29, 0.717) is 13.0 Å². The third kappa shape index (κ3) is 3.80. The molecule has 1 aliphatic rings. The Morgan fingerprint density at radius 2 is 2.13 bits per heavy atom. The van der Waals surface area contributed by atoms with Gasteiger partial charge in [0, 0.05) is 19.1 Å². The molecule has 0 saturated heterocycles. The summed E-state index contributed by atoms with van der Waals surface area (Å²) < 4.78 is 5.17. The lowest BCUT2D eigenvalue weighted by Gasteiger charge is -2.22. The van der Waals surface area contributed by atoms with Crippen LogP contribution in [-0.2, 0) is 9.53 Å². The lowest BCUT2D eigenvalue weighted by Crippen LogP contribution is -2.37. The molecule has 2 N–H and O–H groups in total. The number of methoxy groups -OCH3 is 1. The van der Waals surface area contributed by atoms with Gasteiger partial charge >= 0.3 is 0 Å². The van der Waals surface area contributed by atoms with E-state index in [0.717, 1.165) is 12.8 Å². The van der Waals surface area contributed by atoms with Crippen LogP contribution >= 0.6 is 0 Å². The van der Waals surface area contributed by atoms with Crippen molar-refractivity contribution in [2.75, 3.05) is 20.3 Å². The number of amides is 1. The standard InChI is InChI=1S/C11H21NO3/c1-10(2,15-3)6-9(14)12-7-11(8-13)4-5-11/h13H,4-8H2,1-3H3,(H,12,14). The molecule has 0 aromatic rings. The Morgan fingerprint density at radius 1 is 1.53 bits per heavy atom. The predicted molar refractivity (Wildman–Crippen MR) is 57.5 cm³/mol. The van der Waals surface area contributed by atoms with Gasteiger partial charge < -0.3 is 15.2 Å². The Morgan fingerprint density at radius 3 is 2.53 bits per heavy atom. The fourth-order valence-corrected chi connectivity index (χ4v) is 1.37. The van der Waals surface area contributed by atoms with Crippen molar-refractivity contribution in [3.8, 4) is 0 Å². The highest BCUT2D eigenvalue weighted by Gasteiger charge is 2.42. The Balaban J connectivity index is 2.25. The largest absolute Gasteiger partial charge is 0.396 e. The van der Waals surface area contributed by atoms with E-state index in [1.165, 1.54) is 0 Å². The highest BCUT2D eigenvalue weighted by Crippen LogP contribution is 2.44. The topological polar surface area (TPSA) is 58.6 Å². The van der Waals surface area contributed by atoms with Crippen LogP contribution in [0.1, 0.15) is 33.1 Å². The molecule has 0 atom stereocenters. The van der Waals surface area contributed by atoms with E-state index in [9.17, 15) is 4.79 Å². The Kier molecular flexibility index (Phi) is 3.73. The summed E-state index contributed by atoms with van der Waals surface area (Å²) in [6.45, 7) is 4.51. The quantitative estimate of drug-likeness (QED) is 0.685. The fourth-order valence-electron chi connectivity index (χ4n) is 1.37. The highest BCUT2D eigenvalue weighted by molar-refractivity contribution is 5.77. The molecular weight excluding hydrogens is 194 g/mol. The van der Waals surface area contributed by atoms with E-state index >= 15 is 0 Å². The lowest BCUT2D eigenvalue weighted by atomic mass is 10.0. The number of aliphatic hydroxyl groups is 1. The van der Waals surface area contributed by atoms with Gasteiger partial charge in [0.2, 0.25) is 5.91 Å². The first kappa shape index (κ1) is 12.5. The monoisotopic (exact) mass is 215 g/mol. The molecule has 4 heteroatoms. The smallest absolute Gasteiger partial charge is 0.222 e. The Bertz CT molecular complexity index is 234. The molecule has 4 nitrogen and oxygen atoms in total.